The molecule has 3 rings (SSSR count). The van der Waals surface area contributed by atoms with Crippen molar-refractivity contribution in [3.05, 3.63) is 38.9 Å². The number of unbranched alkanes of at least 4 members (excludes halogenated alkanes) is 1. The molecule has 1 saturated carbocycles. The van der Waals surface area contributed by atoms with E-state index in [-0.39, 0.29) is 33.5 Å². The van der Waals surface area contributed by atoms with Crippen molar-refractivity contribution in [2.45, 2.75) is 63.3 Å². The summed E-state index contributed by atoms with van der Waals surface area (Å²) >= 11 is 7.86. The number of benzene rings is 1. The summed E-state index contributed by atoms with van der Waals surface area (Å²) in [4.78, 5) is 38.3. The van der Waals surface area contributed by atoms with E-state index in [2.05, 4.69) is 0 Å². The van der Waals surface area contributed by atoms with Crippen molar-refractivity contribution in [3.8, 4) is 0 Å². The van der Waals surface area contributed by atoms with E-state index in [9.17, 15) is 19.7 Å². The minimum Gasteiger partial charge on any atom is -0.464 e. The van der Waals surface area contributed by atoms with Crippen LogP contribution in [0.4, 0.5) is 5.69 Å². The summed E-state index contributed by atoms with van der Waals surface area (Å²) in [5, 5.41) is 10.9. The molecule has 2 aliphatic rings. The molecule has 164 valence electrons. The first-order valence-electron chi connectivity index (χ1n) is 10.5. The molecule has 1 aromatic rings. The van der Waals surface area contributed by atoms with Gasteiger partial charge in [0.2, 0.25) is 0 Å². The maximum absolute atomic E-state index is 13.5. The number of hydrogen-bond acceptors (Lipinski definition) is 6. The largest absolute Gasteiger partial charge is 0.464 e. The van der Waals surface area contributed by atoms with Crippen LogP contribution >= 0.6 is 23.4 Å². The van der Waals surface area contributed by atoms with Crippen molar-refractivity contribution in [2.24, 2.45) is 5.92 Å². The van der Waals surface area contributed by atoms with Crippen LogP contribution in [0, 0.1) is 16.0 Å². The fourth-order valence-electron chi connectivity index (χ4n) is 4.09. The summed E-state index contributed by atoms with van der Waals surface area (Å²) in [6.45, 7) is 2.36. The van der Waals surface area contributed by atoms with Crippen LogP contribution in [0.1, 0.15) is 62.2 Å². The van der Waals surface area contributed by atoms with Crippen LogP contribution in [0.25, 0.3) is 0 Å². The Morgan fingerprint density at radius 3 is 2.67 bits per heavy atom. The minimum absolute atomic E-state index is 0.0200. The summed E-state index contributed by atoms with van der Waals surface area (Å²) < 4.78 is 5.43. The molecular formula is C21H27ClN2O5S. The highest BCUT2D eigenvalue weighted by molar-refractivity contribution is 8.00. The summed E-state index contributed by atoms with van der Waals surface area (Å²) in [6, 6.07) is 3.16. The number of ether oxygens (including phenoxy) is 1. The molecule has 9 heteroatoms. The first-order chi connectivity index (χ1) is 14.4. The third-order valence-electron chi connectivity index (χ3n) is 5.73. The molecule has 1 saturated heterocycles. The van der Waals surface area contributed by atoms with Gasteiger partial charge in [-0.25, -0.2) is 4.79 Å². The SMILES string of the molecule is CCCCOC(=O)C1CSC(C2CCCCC2)N1C(=O)c1ccc([N+](=O)[O-])cc1Cl. The highest BCUT2D eigenvalue weighted by Gasteiger charge is 2.46. The number of halogens is 1. The van der Waals surface area contributed by atoms with Gasteiger partial charge in [-0.1, -0.05) is 44.2 Å². The molecule has 0 aromatic heterocycles. The van der Waals surface area contributed by atoms with Gasteiger partial charge in [0.05, 0.1) is 27.5 Å². The van der Waals surface area contributed by atoms with Crippen LogP contribution in [-0.4, -0.2) is 45.5 Å². The van der Waals surface area contributed by atoms with Crippen molar-refractivity contribution in [3.63, 3.8) is 0 Å². The van der Waals surface area contributed by atoms with Crippen LogP contribution in [0.2, 0.25) is 5.02 Å². The lowest BCUT2D eigenvalue weighted by atomic mass is 9.88. The van der Waals surface area contributed by atoms with Crippen LogP contribution in [-0.2, 0) is 9.53 Å². The summed E-state index contributed by atoms with van der Waals surface area (Å²) in [7, 11) is 0. The van der Waals surface area contributed by atoms with Crippen molar-refractivity contribution >= 4 is 40.9 Å². The van der Waals surface area contributed by atoms with Gasteiger partial charge in [0.1, 0.15) is 6.04 Å². The van der Waals surface area contributed by atoms with E-state index in [0.29, 0.717) is 18.3 Å². The third-order valence-corrected chi connectivity index (χ3v) is 7.51. The molecule has 0 radical (unpaired) electrons. The molecule has 0 spiro atoms. The van der Waals surface area contributed by atoms with Gasteiger partial charge in [0, 0.05) is 17.9 Å². The molecule has 0 bridgehead atoms. The molecule has 2 unspecified atom stereocenters. The minimum atomic E-state index is -0.669. The topological polar surface area (TPSA) is 89.8 Å². The molecule has 1 aliphatic carbocycles. The number of thioether (sulfide) groups is 1. The molecule has 0 N–H and O–H groups in total. The highest BCUT2D eigenvalue weighted by Crippen LogP contribution is 2.42. The fourth-order valence-corrected chi connectivity index (χ4v) is 5.97. The fraction of sp³-hybridized carbons (Fsp3) is 0.619. The van der Waals surface area contributed by atoms with Crippen LogP contribution in [0.5, 0.6) is 0 Å². The number of carbonyl (C=O) groups excluding carboxylic acids is 2. The molecule has 1 heterocycles. The van der Waals surface area contributed by atoms with Crippen molar-refractivity contribution < 1.29 is 19.2 Å². The smallest absolute Gasteiger partial charge is 0.329 e. The van der Waals surface area contributed by atoms with Gasteiger partial charge < -0.3 is 9.64 Å². The molecule has 2 fully saturated rings. The normalized spacial score (nSPS) is 22.1. The predicted octanol–water partition coefficient (Wildman–Crippen LogP) is 5.06. The monoisotopic (exact) mass is 454 g/mol. The summed E-state index contributed by atoms with van der Waals surface area (Å²) in [5.41, 5.74) is 0.00337. The number of nitrogens with zero attached hydrogens (tertiary/aromatic N) is 2. The Morgan fingerprint density at radius 2 is 2.03 bits per heavy atom. The number of hydrogen-bond donors (Lipinski definition) is 0. The maximum atomic E-state index is 13.5. The van der Waals surface area contributed by atoms with E-state index in [1.54, 1.807) is 16.7 Å². The molecule has 7 nitrogen and oxygen atoms in total. The molecule has 1 aliphatic heterocycles. The lowest BCUT2D eigenvalue weighted by molar-refractivity contribution is -0.384. The standard InChI is InChI=1S/C21H27ClN2O5S/c1-2-3-11-29-21(26)18-13-30-20(14-7-5-4-6-8-14)23(18)19(25)16-10-9-15(24(27)28)12-17(16)22/h9-10,12,14,18,20H,2-8,11,13H2,1H3. The van der Waals surface area contributed by atoms with E-state index in [1.807, 2.05) is 6.92 Å². The quantitative estimate of drug-likeness (QED) is 0.247. The van der Waals surface area contributed by atoms with Gasteiger partial charge in [0.15, 0.2) is 0 Å². The predicted molar refractivity (Wildman–Crippen MR) is 117 cm³/mol. The number of nitro groups is 1. The zero-order valence-corrected chi connectivity index (χ0v) is 18.6. The third kappa shape index (κ3) is 5.09. The van der Waals surface area contributed by atoms with Crippen LogP contribution in [0.3, 0.4) is 0 Å². The first kappa shape index (κ1) is 22.9. The van der Waals surface area contributed by atoms with Gasteiger partial charge in [-0.3, -0.25) is 14.9 Å². The van der Waals surface area contributed by atoms with Gasteiger partial charge in [-0.2, -0.15) is 0 Å². The Balaban J connectivity index is 1.87. The average molecular weight is 455 g/mol. The van der Waals surface area contributed by atoms with Crippen LogP contribution < -0.4 is 0 Å². The molecular weight excluding hydrogens is 428 g/mol. The highest BCUT2D eigenvalue weighted by atomic mass is 35.5. The van der Waals surface area contributed by atoms with E-state index < -0.39 is 11.0 Å². The van der Waals surface area contributed by atoms with Crippen molar-refractivity contribution in [2.75, 3.05) is 12.4 Å². The van der Waals surface area contributed by atoms with Crippen LogP contribution in [0.15, 0.2) is 18.2 Å². The summed E-state index contributed by atoms with van der Waals surface area (Å²) in [6.07, 6.45) is 7.16. The second kappa shape index (κ2) is 10.5. The van der Waals surface area contributed by atoms with Gasteiger partial charge >= 0.3 is 5.97 Å². The van der Waals surface area contributed by atoms with Gasteiger partial charge in [-0.05, 0) is 31.2 Å². The Kier molecular flexibility index (Phi) is 7.99. The zero-order valence-electron chi connectivity index (χ0n) is 17.0. The first-order valence-corrected chi connectivity index (χ1v) is 11.9. The Bertz CT molecular complexity index is 800. The number of amides is 1. The number of esters is 1. The van der Waals surface area contributed by atoms with E-state index >= 15 is 0 Å². The van der Waals surface area contributed by atoms with Crippen molar-refractivity contribution in [1.82, 2.24) is 4.90 Å². The average Bonchev–Trinajstić information content (AvgIpc) is 3.19. The number of rotatable bonds is 7. The van der Waals surface area contributed by atoms with Crippen molar-refractivity contribution in [1.29, 1.82) is 0 Å². The Hall–Kier alpha value is -1.80. The van der Waals surface area contributed by atoms with E-state index in [1.165, 1.54) is 24.6 Å². The summed E-state index contributed by atoms with van der Waals surface area (Å²) in [5.74, 6) is 0.0502. The Morgan fingerprint density at radius 1 is 1.30 bits per heavy atom. The zero-order chi connectivity index (χ0) is 21.7. The maximum Gasteiger partial charge on any atom is 0.329 e. The van der Waals surface area contributed by atoms with Gasteiger partial charge in [-0.15, -0.1) is 11.8 Å². The lowest BCUT2D eigenvalue weighted by Gasteiger charge is -2.35. The van der Waals surface area contributed by atoms with E-state index in [0.717, 1.165) is 38.5 Å². The molecule has 1 aromatic carbocycles. The molecule has 1 amide bonds. The number of nitro benzene ring substituents is 1. The number of non-ortho nitro benzene ring substituents is 1. The number of carbonyl (C=O) groups is 2. The van der Waals surface area contributed by atoms with E-state index in [4.69, 9.17) is 16.3 Å². The second-order valence-electron chi connectivity index (χ2n) is 7.79. The molecule has 30 heavy (non-hydrogen) atoms. The molecule has 2 atom stereocenters. The second-order valence-corrected chi connectivity index (χ2v) is 9.35. The Labute approximate surface area is 185 Å². The van der Waals surface area contributed by atoms with Gasteiger partial charge in [0.25, 0.3) is 11.6 Å². The lowest BCUT2D eigenvalue weighted by Crippen LogP contribution is -2.48.